The van der Waals surface area contributed by atoms with Crippen LogP contribution in [-0.4, -0.2) is 16.1 Å². The molecule has 0 aliphatic heterocycles. The van der Waals surface area contributed by atoms with Crippen LogP contribution in [0.25, 0.3) is 0 Å². The highest BCUT2D eigenvalue weighted by molar-refractivity contribution is 7.13. The molecule has 4 heteroatoms. The molecule has 1 N–H and O–H groups in total. The first-order chi connectivity index (χ1) is 8.75. The van der Waals surface area contributed by atoms with Crippen LogP contribution in [0.5, 0.6) is 0 Å². The average Bonchev–Trinajstić information content (AvgIpc) is 2.87. The van der Waals surface area contributed by atoms with Crippen LogP contribution in [0.2, 0.25) is 0 Å². The fourth-order valence-corrected chi connectivity index (χ4v) is 3.47. The van der Waals surface area contributed by atoms with Crippen molar-refractivity contribution in [3.63, 3.8) is 0 Å². The van der Waals surface area contributed by atoms with Gasteiger partial charge in [-0.25, -0.2) is 9.78 Å². The number of hydrogen-bond donors (Lipinski definition) is 1. The zero-order chi connectivity index (χ0) is 12.5. The molecular formula is C14H13NO2S. The third-order valence-corrected chi connectivity index (χ3v) is 4.50. The van der Waals surface area contributed by atoms with E-state index in [2.05, 4.69) is 23.2 Å². The number of rotatable bonds is 2. The number of carbonyl (C=O) groups is 1. The van der Waals surface area contributed by atoms with Crippen LogP contribution < -0.4 is 0 Å². The van der Waals surface area contributed by atoms with Gasteiger partial charge in [0, 0.05) is 5.92 Å². The molecule has 0 radical (unpaired) electrons. The summed E-state index contributed by atoms with van der Waals surface area (Å²) in [6, 6.07) is 8.41. The predicted octanol–water partition coefficient (Wildman–Crippen LogP) is 3.31. The Kier molecular flexibility index (Phi) is 2.88. The molecule has 1 aromatic carbocycles. The molecule has 3 nitrogen and oxygen atoms in total. The van der Waals surface area contributed by atoms with Crippen molar-refractivity contribution in [3.05, 3.63) is 51.5 Å². The molecule has 1 unspecified atom stereocenters. The number of thiazole rings is 1. The molecule has 0 spiro atoms. The Hall–Kier alpha value is -1.68. The summed E-state index contributed by atoms with van der Waals surface area (Å²) < 4.78 is 0. The first kappa shape index (κ1) is 11.4. The van der Waals surface area contributed by atoms with E-state index >= 15 is 0 Å². The maximum atomic E-state index is 10.9. The van der Waals surface area contributed by atoms with Crippen LogP contribution in [0.4, 0.5) is 0 Å². The number of carboxylic acid groups (broad SMARTS) is 1. The molecule has 0 saturated carbocycles. The number of nitrogens with zero attached hydrogens (tertiary/aromatic N) is 1. The summed E-state index contributed by atoms with van der Waals surface area (Å²) in [7, 11) is 0. The van der Waals surface area contributed by atoms with Gasteiger partial charge < -0.3 is 5.11 Å². The van der Waals surface area contributed by atoms with Crippen molar-refractivity contribution in [2.75, 3.05) is 0 Å². The van der Waals surface area contributed by atoms with E-state index in [1.165, 1.54) is 28.7 Å². The Labute approximate surface area is 109 Å². The van der Waals surface area contributed by atoms with Gasteiger partial charge in [0.05, 0.1) is 6.20 Å². The van der Waals surface area contributed by atoms with Crippen molar-refractivity contribution in [2.45, 2.75) is 25.2 Å². The monoisotopic (exact) mass is 259 g/mol. The van der Waals surface area contributed by atoms with Crippen LogP contribution in [0.1, 0.15) is 44.6 Å². The van der Waals surface area contributed by atoms with Gasteiger partial charge >= 0.3 is 5.97 Å². The number of aromatic carboxylic acids is 1. The zero-order valence-electron chi connectivity index (χ0n) is 9.80. The third kappa shape index (κ3) is 1.93. The molecule has 1 atom stereocenters. The molecule has 3 rings (SSSR count). The summed E-state index contributed by atoms with van der Waals surface area (Å²) in [5, 5.41) is 9.89. The molecule has 1 heterocycles. The molecule has 0 saturated heterocycles. The van der Waals surface area contributed by atoms with Gasteiger partial charge in [-0.2, -0.15) is 0 Å². The van der Waals surface area contributed by atoms with E-state index in [-0.39, 0.29) is 5.92 Å². The van der Waals surface area contributed by atoms with Gasteiger partial charge in [-0.3, -0.25) is 0 Å². The lowest BCUT2D eigenvalue weighted by atomic mass is 9.83. The second-order valence-corrected chi connectivity index (χ2v) is 5.57. The topological polar surface area (TPSA) is 50.2 Å². The minimum atomic E-state index is -0.886. The quantitative estimate of drug-likeness (QED) is 0.900. The maximum absolute atomic E-state index is 10.9. The van der Waals surface area contributed by atoms with Crippen molar-refractivity contribution in [3.8, 4) is 0 Å². The van der Waals surface area contributed by atoms with E-state index in [9.17, 15) is 4.79 Å². The second kappa shape index (κ2) is 4.53. The van der Waals surface area contributed by atoms with Crippen molar-refractivity contribution in [1.82, 2.24) is 4.98 Å². The van der Waals surface area contributed by atoms with Crippen molar-refractivity contribution < 1.29 is 9.90 Å². The summed E-state index contributed by atoms with van der Waals surface area (Å²) in [5.41, 5.74) is 2.69. The zero-order valence-corrected chi connectivity index (χ0v) is 10.6. The van der Waals surface area contributed by atoms with E-state index in [0.29, 0.717) is 4.88 Å². The van der Waals surface area contributed by atoms with E-state index in [1.807, 2.05) is 6.07 Å². The predicted molar refractivity (Wildman–Crippen MR) is 70.3 cm³/mol. The summed E-state index contributed by atoms with van der Waals surface area (Å²) >= 11 is 1.30. The molecule has 1 aliphatic carbocycles. The number of fused-ring (bicyclic) bond motifs is 1. The lowest BCUT2D eigenvalue weighted by Crippen LogP contribution is -2.10. The Balaban J connectivity index is 2.00. The second-order valence-electron chi connectivity index (χ2n) is 4.51. The summed E-state index contributed by atoms with van der Waals surface area (Å²) in [5.74, 6) is -0.615. The van der Waals surface area contributed by atoms with E-state index in [0.717, 1.165) is 24.3 Å². The SMILES string of the molecule is O=C(O)c1cnc(C2CCCc3ccccc32)s1. The lowest BCUT2D eigenvalue weighted by Gasteiger charge is -2.23. The highest BCUT2D eigenvalue weighted by atomic mass is 32.1. The number of carboxylic acids is 1. The third-order valence-electron chi connectivity index (χ3n) is 3.40. The van der Waals surface area contributed by atoms with Gasteiger partial charge in [0.15, 0.2) is 0 Å². The fourth-order valence-electron chi connectivity index (χ4n) is 2.56. The van der Waals surface area contributed by atoms with Gasteiger partial charge in [0.25, 0.3) is 0 Å². The molecule has 2 aromatic rings. The van der Waals surface area contributed by atoms with Crippen LogP contribution in [0, 0.1) is 0 Å². The minimum absolute atomic E-state index is 0.271. The first-order valence-corrected chi connectivity index (χ1v) is 6.84. The largest absolute Gasteiger partial charge is 0.477 e. The Morgan fingerprint density at radius 3 is 3.00 bits per heavy atom. The van der Waals surface area contributed by atoms with Gasteiger partial charge in [-0.1, -0.05) is 24.3 Å². The normalized spacial score (nSPS) is 18.3. The molecule has 0 amide bonds. The minimum Gasteiger partial charge on any atom is -0.477 e. The van der Waals surface area contributed by atoms with Crippen LogP contribution >= 0.6 is 11.3 Å². The smallest absolute Gasteiger partial charge is 0.347 e. The fraction of sp³-hybridized carbons (Fsp3) is 0.286. The number of aryl methyl sites for hydroxylation is 1. The molecule has 1 aliphatic rings. The van der Waals surface area contributed by atoms with E-state index in [4.69, 9.17) is 5.11 Å². The summed E-state index contributed by atoms with van der Waals surface area (Å²) in [6.45, 7) is 0. The van der Waals surface area contributed by atoms with Crippen LogP contribution in [0.15, 0.2) is 30.5 Å². The van der Waals surface area contributed by atoms with E-state index in [1.54, 1.807) is 0 Å². The van der Waals surface area contributed by atoms with Gasteiger partial charge in [0.2, 0.25) is 0 Å². The highest BCUT2D eigenvalue weighted by Gasteiger charge is 2.24. The Morgan fingerprint density at radius 1 is 1.39 bits per heavy atom. The highest BCUT2D eigenvalue weighted by Crippen LogP contribution is 2.38. The van der Waals surface area contributed by atoms with Crippen LogP contribution in [-0.2, 0) is 6.42 Å². The molecule has 92 valence electrons. The molecular weight excluding hydrogens is 246 g/mol. The lowest BCUT2D eigenvalue weighted by molar-refractivity contribution is 0.0702. The number of hydrogen-bond acceptors (Lipinski definition) is 3. The first-order valence-electron chi connectivity index (χ1n) is 6.02. The van der Waals surface area contributed by atoms with Crippen LogP contribution in [0.3, 0.4) is 0 Å². The van der Waals surface area contributed by atoms with Crippen molar-refractivity contribution >= 4 is 17.3 Å². The molecule has 1 aromatic heterocycles. The Bertz CT molecular complexity index is 591. The van der Waals surface area contributed by atoms with Crippen molar-refractivity contribution in [1.29, 1.82) is 0 Å². The number of aromatic nitrogens is 1. The summed E-state index contributed by atoms with van der Waals surface area (Å²) in [6.07, 6.45) is 4.79. The average molecular weight is 259 g/mol. The van der Waals surface area contributed by atoms with Gasteiger partial charge in [0.1, 0.15) is 9.88 Å². The number of benzene rings is 1. The molecule has 0 bridgehead atoms. The summed E-state index contributed by atoms with van der Waals surface area (Å²) in [4.78, 5) is 15.5. The Morgan fingerprint density at radius 2 is 2.22 bits per heavy atom. The van der Waals surface area contributed by atoms with Gasteiger partial charge in [-0.15, -0.1) is 11.3 Å². The van der Waals surface area contributed by atoms with E-state index < -0.39 is 5.97 Å². The molecule has 0 fully saturated rings. The standard InChI is InChI=1S/C14H13NO2S/c16-14(17)12-8-15-13(18-12)11-7-3-5-9-4-1-2-6-10(9)11/h1-2,4,6,8,11H,3,5,7H2,(H,16,17). The van der Waals surface area contributed by atoms with Gasteiger partial charge in [-0.05, 0) is 30.4 Å². The molecule has 18 heavy (non-hydrogen) atoms. The maximum Gasteiger partial charge on any atom is 0.347 e. The van der Waals surface area contributed by atoms with Crippen molar-refractivity contribution in [2.24, 2.45) is 0 Å².